The molecule has 0 aromatic heterocycles. The minimum atomic E-state index is -0.245. The van der Waals surface area contributed by atoms with Crippen LogP contribution in [0.25, 0.3) is 0 Å². The van der Waals surface area contributed by atoms with Crippen LogP contribution in [0, 0.1) is 11.7 Å². The number of hydrogen-bond acceptors (Lipinski definition) is 1. The largest absolute Gasteiger partial charge is 0.381 e. The Hall–Kier alpha value is -0.760. The Kier molecular flexibility index (Phi) is 3.70. The lowest BCUT2D eigenvalue weighted by Crippen LogP contribution is -2.23. The van der Waals surface area contributed by atoms with Crippen LogP contribution in [-0.2, 0) is 0 Å². The van der Waals surface area contributed by atoms with Crippen molar-refractivity contribution in [1.82, 2.24) is 0 Å². The van der Waals surface area contributed by atoms with Gasteiger partial charge in [-0.2, -0.15) is 0 Å². The number of anilines is 1. The molecule has 1 saturated carbocycles. The molecule has 3 heteroatoms. The number of rotatable bonds is 3. The molecule has 1 unspecified atom stereocenters. The second-order valence-corrected chi connectivity index (χ2v) is 5.01. The molecule has 0 radical (unpaired) electrons. The number of hydrogen-bond donors (Lipinski definition) is 1. The molecule has 0 amide bonds. The third kappa shape index (κ3) is 2.67. The van der Waals surface area contributed by atoms with Crippen molar-refractivity contribution in [2.24, 2.45) is 5.92 Å². The first-order valence-corrected chi connectivity index (χ1v) is 6.26. The van der Waals surface area contributed by atoms with Crippen molar-refractivity contribution in [3.63, 3.8) is 0 Å². The normalized spacial score (nSPS) is 18.7. The van der Waals surface area contributed by atoms with E-state index >= 15 is 0 Å². The fourth-order valence-electron chi connectivity index (χ4n) is 2.43. The summed E-state index contributed by atoms with van der Waals surface area (Å²) in [5, 5.41) is 3.91. The van der Waals surface area contributed by atoms with Gasteiger partial charge in [0.05, 0.1) is 10.7 Å². The molecule has 2 rings (SSSR count). The zero-order chi connectivity index (χ0) is 11.5. The average molecular weight is 242 g/mol. The second-order valence-electron chi connectivity index (χ2n) is 4.60. The highest BCUT2D eigenvalue weighted by Gasteiger charge is 2.21. The fraction of sp³-hybridized carbons (Fsp3) is 0.538. The van der Waals surface area contributed by atoms with Crippen LogP contribution in [0.5, 0.6) is 0 Å². The lowest BCUT2D eigenvalue weighted by molar-refractivity contribution is 0.482. The third-order valence-electron chi connectivity index (χ3n) is 3.42. The quantitative estimate of drug-likeness (QED) is 0.823. The monoisotopic (exact) mass is 241 g/mol. The van der Waals surface area contributed by atoms with Gasteiger partial charge in [0.15, 0.2) is 0 Å². The predicted octanol–water partition coefficient (Wildman–Crippen LogP) is 4.47. The minimum absolute atomic E-state index is 0.245. The highest BCUT2D eigenvalue weighted by atomic mass is 35.5. The van der Waals surface area contributed by atoms with Crippen LogP contribution in [-0.4, -0.2) is 6.04 Å². The van der Waals surface area contributed by atoms with Crippen LogP contribution in [0.2, 0.25) is 5.02 Å². The van der Waals surface area contributed by atoms with Crippen molar-refractivity contribution in [1.29, 1.82) is 0 Å². The predicted molar refractivity (Wildman–Crippen MR) is 66.5 cm³/mol. The molecule has 16 heavy (non-hydrogen) atoms. The van der Waals surface area contributed by atoms with E-state index < -0.39 is 0 Å². The maximum atomic E-state index is 13.1. The van der Waals surface area contributed by atoms with E-state index in [0.717, 1.165) is 0 Å². The van der Waals surface area contributed by atoms with Gasteiger partial charge in [-0.1, -0.05) is 24.4 Å². The molecular weight excluding hydrogens is 225 g/mol. The molecule has 0 aliphatic heterocycles. The Labute approximate surface area is 101 Å². The number of halogens is 2. The van der Waals surface area contributed by atoms with E-state index in [2.05, 4.69) is 12.2 Å². The molecule has 0 heterocycles. The molecule has 1 atom stereocenters. The number of nitrogens with one attached hydrogen (secondary N) is 1. The van der Waals surface area contributed by atoms with Crippen LogP contribution in [0.15, 0.2) is 18.2 Å². The van der Waals surface area contributed by atoms with Gasteiger partial charge in [0, 0.05) is 6.04 Å². The first kappa shape index (κ1) is 11.7. The van der Waals surface area contributed by atoms with Crippen LogP contribution in [0.4, 0.5) is 10.1 Å². The van der Waals surface area contributed by atoms with E-state index in [1.807, 2.05) is 0 Å². The SMILES string of the molecule is CC(Nc1cc(F)ccc1Cl)C1CCCC1. The Morgan fingerprint density at radius 1 is 1.38 bits per heavy atom. The van der Waals surface area contributed by atoms with E-state index in [0.29, 0.717) is 22.7 Å². The molecule has 1 nitrogen and oxygen atoms in total. The molecule has 1 aliphatic rings. The topological polar surface area (TPSA) is 12.0 Å². The molecular formula is C13H17ClFN. The minimum Gasteiger partial charge on any atom is -0.381 e. The van der Waals surface area contributed by atoms with E-state index in [4.69, 9.17) is 11.6 Å². The zero-order valence-electron chi connectivity index (χ0n) is 9.47. The first-order chi connectivity index (χ1) is 7.66. The smallest absolute Gasteiger partial charge is 0.125 e. The highest BCUT2D eigenvalue weighted by molar-refractivity contribution is 6.33. The second kappa shape index (κ2) is 5.05. The maximum absolute atomic E-state index is 13.1. The van der Waals surface area contributed by atoms with Crippen molar-refractivity contribution >= 4 is 17.3 Å². The van der Waals surface area contributed by atoms with Crippen LogP contribution in [0.1, 0.15) is 32.6 Å². The molecule has 88 valence electrons. The number of benzene rings is 1. The van der Waals surface area contributed by atoms with E-state index in [9.17, 15) is 4.39 Å². The Balaban J connectivity index is 2.04. The molecule has 0 spiro atoms. The fourth-order valence-corrected chi connectivity index (χ4v) is 2.60. The van der Waals surface area contributed by atoms with Gasteiger partial charge >= 0.3 is 0 Å². The summed E-state index contributed by atoms with van der Waals surface area (Å²) in [6.45, 7) is 2.15. The van der Waals surface area contributed by atoms with E-state index in [1.54, 1.807) is 6.07 Å². The Morgan fingerprint density at radius 3 is 2.75 bits per heavy atom. The average Bonchev–Trinajstić information content (AvgIpc) is 2.76. The Morgan fingerprint density at radius 2 is 2.06 bits per heavy atom. The molecule has 1 N–H and O–H groups in total. The first-order valence-electron chi connectivity index (χ1n) is 5.88. The standard InChI is InChI=1S/C13H17ClFN/c1-9(10-4-2-3-5-10)16-13-8-11(15)6-7-12(13)14/h6-10,16H,2-5H2,1H3. The lowest BCUT2D eigenvalue weighted by Gasteiger charge is -2.22. The third-order valence-corrected chi connectivity index (χ3v) is 3.75. The van der Waals surface area contributed by atoms with Crippen molar-refractivity contribution in [2.75, 3.05) is 5.32 Å². The molecule has 0 saturated heterocycles. The lowest BCUT2D eigenvalue weighted by atomic mass is 9.99. The van der Waals surface area contributed by atoms with Crippen LogP contribution < -0.4 is 5.32 Å². The summed E-state index contributed by atoms with van der Waals surface area (Å²) in [4.78, 5) is 0. The van der Waals surface area contributed by atoms with Gasteiger partial charge in [-0.05, 0) is 43.9 Å². The zero-order valence-corrected chi connectivity index (χ0v) is 10.2. The molecule has 1 aromatic rings. The van der Waals surface area contributed by atoms with E-state index in [-0.39, 0.29) is 5.82 Å². The van der Waals surface area contributed by atoms with Crippen molar-refractivity contribution in [2.45, 2.75) is 38.6 Å². The summed E-state index contributed by atoms with van der Waals surface area (Å²) in [7, 11) is 0. The summed E-state index contributed by atoms with van der Waals surface area (Å²) in [6, 6.07) is 4.81. The van der Waals surface area contributed by atoms with Gasteiger partial charge < -0.3 is 5.32 Å². The van der Waals surface area contributed by atoms with Crippen LogP contribution in [0.3, 0.4) is 0 Å². The van der Waals surface area contributed by atoms with Crippen molar-refractivity contribution in [3.8, 4) is 0 Å². The summed E-state index contributed by atoms with van der Waals surface area (Å²) < 4.78 is 13.1. The summed E-state index contributed by atoms with van der Waals surface area (Å²) in [5.74, 6) is 0.449. The molecule has 1 aliphatic carbocycles. The van der Waals surface area contributed by atoms with Gasteiger partial charge in [0.25, 0.3) is 0 Å². The van der Waals surface area contributed by atoms with Crippen molar-refractivity contribution < 1.29 is 4.39 Å². The Bertz CT molecular complexity index is 361. The van der Waals surface area contributed by atoms with Gasteiger partial charge in [-0.25, -0.2) is 4.39 Å². The molecule has 0 bridgehead atoms. The van der Waals surface area contributed by atoms with E-state index in [1.165, 1.54) is 37.8 Å². The van der Waals surface area contributed by atoms with Gasteiger partial charge in [0.2, 0.25) is 0 Å². The van der Waals surface area contributed by atoms with Gasteiger partial charge in [-0.15, -0.1) is 0 Å². The highest BCUT2D eigenvalue weighted by Crippen LogP contribution is 2.31. The van der Waals surface area contributed by atoms with Gasteiger partial charge in [0.1, 0.15) is 5.82 Å². The summed E-state index contributed by atoms with van der Waals surface area (Å²) in [6.07, 6.45) is 5.16. The molecule has 1 aromatic carbocycles. The maximum Gasteiger partial charge on any atom is 0.125 e. The summed E-state index contributed by atoms with van der Waals surface area (Å²) in [5.41, 5.74) is 0.709. The van der Waals surface area contributed by atoms with Crippen molar-refractivity contribution in [3.05, 3.63) is 29.0 Å². The van der Waals surface area contributed by atoms with Gasteiger partial charge in [-0.3, -0.25) is 0 Å². The van der Waals surface area contributed by atoms with Crippen LogP contribution >= 0.6 is 11.6 Å². The summed E-state index contributed by atoms with van der Waals surface area (Å²) >= 11 is 6.02. The molecule has 1 fully saturated rings.